The molecular formula is C25H22Cl4N2O2. The number of rotatable bonds is 8. The van der Waals surface area contributed by atoms with E-state index in [4.69, 9.17) is 46.4 Å². The molecule has 0 aliphatic rings. The van der Waals surface area contributed by atoms with Crippen LogP contribution in [0.5, 0.6) is 0 Å². The lowest BCUT2D eigenvalue weighted by molar-refractivity contribution is -0.140. The van der Waals surface area contributed by atoms with Gasteiger partial charge >= 0.3 is 0 Å². The molecule has 1 unspecified atom stereocenters. The molecule has 0 spiro atoms. The Morgan fingerprint density at radius 1 is 0.818 bits per heavy atom. The monoisotopic (exact) mass is 522 g/mol. The van der Waals surface area contributed by atoms with Crippen molar-refractivity contribution in [1.82, 2.24) is 10.2 Å². The van der Waals surface area contributed by atoms with E-state index in [0.29, 0.717) is 20.1 Å². The predicted octanol–water partition coefficient (Wildman–Crippen LogP) is 6.58. The van der Waals surface area contributed by atoms with Gasteiger partial charge in [-0.15, -0.1) is 0 Å². The maximum Gasteiger partial charge on any atom is 0.242 e. The zero-order chi connectivity index (χ0) is 24.0. The SMILES string of the molecule is CC(C(=O)NCc1ccc(Cl)cc1Cl)N(Cc1ccc(Cl)cc1)C(=O)Cc1ccc(Cl)cc1. The molecular weight excluding hydrogens is 502 g/mol. The first-order chi connectivity index (χ1) is 15.7. The normalized spacial score (nSPS) is 11.7. The Kier molecular flexibility index (Phi) is 9.04. The number of benzene rings is 3. The molecule has 1 atom stereocenters. The Bertz CT molecular complexity index is 1120. The first-order valence-corrected chi connectivity index (χ1v) is 11.7. The van der Waals surface area contributed by atoms with Crippen molar-refractivity contribution in [2.75, 3.05) is 0 Å². The minimum absolute atomic E-state index is 0.144. The van der Waals surface area contributed by atoms with Crippen molar-refractivity contribution in [2.24, 2.45) is 0 Å². The van der Waals surface area contributed by atoms with Gasteiger partial charge in [0.25, 0.3) is 0 Å². The Balaban J connectivity index is 1.75. The average molecular weight is 524 g/mol. The predicted molar refractivity (Wildman–Crippen MR) is 135 cm³/mol. The summed E-state index contributed by atoms with van der Waals surface area (Å²) in [7, 11) is 0. The molecule has 0 bridgehead atoms. The van der Waals surface area contributed by atoms with Gasteiger partial charge in [-0.05, 0) is 60.0 Å². The fourth-order valence-electron chi connectivity index (χ4n) is 3.24. The summed E-state index contributed by atoms with van der Waals surface area (Å²) in [6.07, 6.45) is 0.144. The van der Waals surface area contributed by atoms with Crippen LogP contribution in [0.3, 0.4) is 0 Å². The third-order valence-electron chi connectivity index (χ3n) is 5.17. The summed E-state index contributed by atoms with van der Waals surface area (Å²) < 4.78 is 0. The molecule has 1 N–H and O–H groups in total. The van der Waals surface area contributed by atoms with Crippen LogP contribution in [-0.2, 0) is 29.1 Å². The Morgan fingerprint density at radius 2 is 1.36 bits per heavy atom. The third-order valence-corrected chi connectivity index (χ3v) is 6.26. The quantitative estimate of drug-likeness (QED) is 0.362. The summed E-state index contributed by atoms with van der Waals surface area (Å²) in [5, 5.41) is 5.04. The summed E-state index contributed by atoms with van der Waals surface area (Å²) in [6.45, 7) is 2.19. The summed E-state index contributed by atoms with van der Waals surface area (Å²) in [4.78, 5) is 27.8. The molecule has 8 heteroatoms. The molecule has 3 aromatic rings. The van der Waals surface area contributed by atoms with Gasteiger partial charge in [-0.1, -0.05) is 76.7 Å². The average Bonchev–Trinajstić information content (AvgIpc) is 2.79. The van der Waals surface area contributed by atoms with Crippen molar-refractivity contribution in [3.05, 3.63) is 104 Å². The topological polar surface area (TPSA) is 49.4 Å². The zero-order valence-corrected chi connectivity index (χ0v) is 20.8. The van der Waals surface area contributed by atoms with Gasteiger partial charge in [-0.3, -0.25) is 9.59 Å². The molecule has 0 heterocycles. The number of hydrogen-bond donors (Lipinski definition) is 1. The smallest absolute Gasteiger partial charge is 0.242 e. The van der Waals surface area contributed by atoms with Crippen molar-refractivity contribution in [1.29, 1.82) is 0 Å². The van der Waals surface area contributed by atoms with Crippen LogP contribution in [0, 0.1) is 0 Å². The zero-order valence-electron chi connectivity index (χ0n) is 17.8. The van der Waals surface area contributed by atoms with Gasteiger partial charge in [0.1, 0.15) is 6.04 Å². The standard InChI is InChI=1S/C25H22Cl4N2O2/c1-16(25(33)30-14-19-6-11-22(28)13-23(19)29)31(15-18-4-9-21(27)10-5-18)24(32)12-17-2-7-20(26)8-3-17/h2-11,13,16H,12,14-15H2,1H3,(H,30,33). The number of carbonyl (C=O) groups is 2. The third kappa shape index (κ3) is 7.38. The maximum absolute atomic E-state index is 13.2. The second kappa shape index (κ2) is 11.8. The second-order valence-corrected chi connectivity index (χ2v) is 9.30. The van der Waals surface area contributed by atoms with E-state index >= 15 is 0 Å². The van der Waals surface area contributed by atoms with Crippen LogP contribution in [0.2, 0.25) is 20.1 Å². The van der Waals surface area contributed by atoms with E-state index in [2.05, 4.69) is 5.32 Å². The summed E-state index contributed by atoms with van der Waals surface area (Å²) in [5.74, 6) is -0.473. The molecule has 0 fully saturated rings. The van der Waals surface area contributed by atoms with Gasteiger partial charge in [0.2, 0.25) is 11.8 Å². The lowest BCUT2D eigenvalue weighted by atomic mass is 10.1. The van der Waals surface area contributed by atoms with E-state index in [1.807, 2.05) is 12.1 Å². The maximum atomic E-state index is 13.2. The molecule has 172 valence electrons. The van der Waals surface area contributed by atoms with Crippen molar-refractivity contribution >= 4 is 58.2 Å². The van der Waals surface area contributed by atoms with Crippen LogP contribution >= 0.6 is 46.4 Å². The van der Waals surface area contributed by atoms with E-state index in [1.165, 1.54) is 0 Å². The van der Waals surface area contributed by atoms with Crippen molar-refractivity contribution in [2.45, 2.75) is 32.5 Å². The summed E-state index contributed by atoms with van der Waals surface area (Å²) >= 11 is 24.1. The second-order valence-electron chi connectivity index (χ2n) is 7.58. The lowest BCUT2D eigenvalue weighted by Crippen LogP contribution is -2.48. The van der Waals surface area contributed by atoms with Crippen LogP contribution in [0.15, 0.2) is 66.7 Å². The number of nitrogens with one attached hydrogen (secondary N) is 1. The minimum atomic E-state index is -0.716. The number of halogens is 4. The molecule has 4 nitrogen and oxygen atoms in total. The lowest BCUT2D eigenvalue weighted by Gasteiger charge is -2.29. The summed E-state index contributed by atoms with van der Waals surface area (Å²) in [6, 6.07) is 18.6. The van der Waals surface area contributed by atoms with Crippen LogP contribution in [0.4, 0.5) is 0 Å². The minimum Gasteiger partial charge on any atom is -0.350 e. The molecule has 0 aliphatic heterocycles. The van der Waals surface area contributed by atoms with E-state index < -0.39 is 6.04 Å². The Labute approximate surface area is 213 Å². The van der Waals surface area contributed by atoms with Gasteiger partial charge < -0.3 is 10.2 Å². The molecule has 0 aromatic heterocycles. The highest BCUT2D eigenvalue weighted by Crippen LogP contribution is 2.21. The molecule has 3 rings (SSSR count). The van der Waals surface area contributed by atoms with Crippen LogP contribution in [0.1, 0.15) is 23.6 Å². The largest absolute Gasteiger partial charge is 0.350 e. The molecule has 2 amide bonds. The van der Waals surface area contributed by atoms with Crippen molar-refractivity contribution in [3.63, 3.8) is 0 Å². The van der Waals surface area contributed by atoms with Gasteiger partial charge in [-0.25, -0.2) is 0 Å². The fourth-order valence-corrected chi connectivity index (χ4v) is 3.97. The van der Waals surface area contributed by atoms with Crippen molar-refractivity contribution in [3.8, 4) is 0 Å². The first-order valence-electron chi connectivity index (χ1n) is 10.2. The van der Waals surface area contributed by atoms with Gasteiger partial charge in [0.15, 0.2) is 0 Å². The first kappa shape index (κ1) is 25.4. The number of carbonyl (C=O) groups excluding carboxylic acids is 2. The van der Waals surface area contributed by atoms with Gasteiger partial charge in [-0.2, -0.15) is 0 Å². The van der Waals surface area contributed by atoms with E-state index in [-0.39, 0.29) is 31.3 Å². The summed E-state index contributed by atoms with van der Waals surface area (Å²) in [5.41, 5.74) is 2.41. The molecule has 33 heavy (non-hydrogen) atoms. The number of nitrogens with zero attached hydrogens (tertiary/aromatic N) is 1. The molecule has 0 radical (unpaired) electrons. The fraction of sp³-hybridized carbons (Fsp3) is 0.200. The van der Waals surface area contributed by atoms with Crippen LogP contribution in [-0.4, -0.2) is 22.8 Å². The highest BCUT2D eigenvalue weighted by Gasteiger charge is 2.26. The number of hydrogen-bond acceptors (Lipinski definition) is 2. The number of amides is 2. The molecule has 0 aliphatic carbocycles. The molecule has 0 saturated heterocycles. The highest BCUT2D eigenvalue weighted by molar-refractivity contribution is 6.35. The van der Waals surface area contributed by atoms with E-state index in [0.717, 1.165) is 16.7 Å². The van der Waals surface area contributed by atoms with Crippen molar-refractivity contribution < 1.29 is 9.59 Å². The van der Waals surface area contributed by atoms with Crippen LogP contribution < -0.4 is 5.32 Å². The van der Waals surface area contributed by atoms with Crippen LogP contribution in [0.25, 0.3) is 0 Å². The molecule has 3 aromatic carbocycles. The van der Waals surface area contributed by atoms with E-state index in [9.17, 15) is 9.59 Å². The van der Waals surface area contributed by atoms with Gasteiger partial charge in [0.05, 0.1) is 6.42 Å². The van der Waals surface area contributed by atoms with E-state index in [1.54, 1.807) is 66.4 Å². The molecule has 0 saturated carbocycles. The highest BCUT2D eigenvalue weighted by atomic mass is 35.5. The Morgan fingerprint density at radius 3 is 1.94 bits per heavy atom. The van der Waals surface area contributed by atoms with Gasteiger partial charge in [0, 0.05) is 33.2 Å². The Hall–Kier alpha value is -2.24.